The standard InChI is InChI=1S/C22H23N3O4S/c1-13-18-20(25-15-9-7-14(8-10-15)11-17(26)27)23-12-24-21(18)30-19(13)22(28)29-16-5-3-2-4-6-16/h7-10,12,16H,2-6,11H2,1H3,(H,26,27)(H,23,24,25). The number of nitrogens with zero attached hydrogens (tertiary/aromatic N) is 2. The van der Waals surface area contributed by atoms with Gasteiger partial charge in [-0.05, 0) is 55.9 Å². The number of carboxylic acids is 1. The lowest BCUT2D eigenvalue weighted by Crippen LogP contribution is -2.20. The monoisotopic (exact) mass is 425 g/mol. The number of carboxylic acid groups (broad SMARTS) is 1. The van der Waals surface area contributed by atoms with Gasteiger partial charge in [0.05, 0.1) is 11.8 Å². The first-order valence-electron chi connectivity index (χ1n) is 10.0. The molecule has 1 fully saturated rings. The number of aliphatic carboxylic acids is 1. The highest BCUT2D eigenvalue weighted by atomic mass is 32.1. The molecule has 30 heavy (non-hydrogen) atoms. The van der Waals surface area contributed by atoms with Gasteiger partial charge in [-0.15, -0.1) is 11.3 Å². The number of rotatable bonds is 6. The van der Waals surface area contributed by atoms with Crippen LogP contribution in [0, 0.1) is 6.92 Å². The van der Waals surface area contributed by atoms with Crippen molar-refractivity contribution in [2.24, 2.45) is 0 Å². The van der Waals surface area contributed by atoms with Crippen molar-refractivity contribution in [3.05, 3.63) is 46.6 Å². The second-order valence-electron chi connectivity index (χ2n) is 7.52. The zero-order chi connectivity index (χ0) is 21.1. The number of carbonyl (C=O) groups is 2. The van der Waals surface area contributed by atoms with Crippen molar-refractivity contribution in [2.75, 3.05) is 5.32 Å². The number of fused-ring (bicyclic) bond motifs is 1. The lowest BCUT2D eigenvalue weighted by Gasteiger charge is -2.21. The summed E-state index contributed by atoms with van der Waals surface area (Å²) in [4.78, 5) is 33.6. The van der Waals surface area contributed by atoms with Crippen molar-refractivity contribution in [2.45, 2.75) is 51.6 Å². The van der Waals surface area contributed by atoms with Gasteiger partial charge in [0.25, 0.3) is 0 Å². The van der Waals surface area contributed by atoms with Gasteiger partial charge in [0.1, 0.15) is 28.0 Å². The smallest absolute Gasteiger partial charge is 0.348 e. The molecule has 0 bridgehead atoms. The fraction of sp³-hybridized carbons (Fsp3) is 0.364. The summed E-state index contributed by atoms with van der Waals surface area (Å²) in [5, 5.41) is 13.0. The van der Waals surface area contributed by atoms with Crippen molar-refractivity contribution in [3.63, 3.8) is 0 Å². The number of nitrogens with one attached hydrogen (secondary N) is 1. The summed E-state index contributed by atoms with van der Waals surface area (Å²) in [6.07, 6.45) is 6.73. The molecule has 8 heteroatoms. The third-order valence-corrected chi connectivity index (χ3v) is 6.49. The van der Waals surface area contributed by atoms with Crippen LogP contribution in [-0.2, 0) is 16.0 Å². The fourth-order valence-electron chi connectivity index (χ4n) is 3.77. The van der Waals surface area contributed by atoms with Crippen molar-refractivity contribution in [1.29, 1.82) is 0 Å². The summed E-state index contributed by atoms with van der Waals surface area (Å²) >= 11 is 1.32. The minimum atomic E-state index is -0.866. The Hall–Kier alpha value is -3.00. The van der Waals surface area contributed by atoms with Gasteiger partial charge in [0.15, 0.2) is 0 Å². The highest BCUT2D eigenvalue weighted by Crippen LogP contribution is 2.35. The van der Waals surface area contributed by atoms with Gasteiger partial charge in [0, 0.05) is 5.69 Å². The highest BCUT2D eigenvalue weighted by molar-refractivity contribution is 7.20. The lowest BCUT2D eigenvalue weighted by atomic mass is 9.98. The van der Waals surface area contributed by atoms with Crippen molar-refractivity contribution in [1.82, 2.24) is 9.97 Å². The van der Waals surface area contributed by atoms with Gasteiger partial charge in [-0.3, -0.25) is 4.79 Å². The Kier molecular flexibility index (Phi) is 5.94. The third-order valence-electron chi connectivity index (χ3n) is 5.31. The molecule has 4 rings (SSSR count). The van der Waals surface area contributed by atoms with Crippen LogP contribution in [0.1, 0.15) is 52.9 Å². The summed E-state index contributed by atoms with van der Waals surface area (Å²) in [6.45, 7) is 1.89. The van der Waals surface area contributed by atoms with Crippen LogP contribution in [-0.4, -0.2) is 33.1 Å². The van der Waals surface area contributed by atoms with Crippen LogP contribution in [0.25, 0.3) is 10.2 Å². The maximum atomic E-state index is 12.8. The molecule has 0 amide bonds. The summed E-state index contributed by atoms with van der Waals surface area (Å²) < 4.78 is 5.75. The summed E-state index contributed by atoms with van der Waals surface area (Å²) in [5.41, 5.74) is 2.31. The van der Waals surface area contributed by atoms with Crippen LogP contribution in [0.15, 0.2) is 30.6 Å². The van der Waals surface area contributed by atoms with Crippen LogP contribution in [0.2, 0.25) is 0 Å². The number of thiophene rings is 1. The van der Waals surface area contributed by atoms with Crippen molar-refractivity contribution >= 4 is 45.0 Å². The molecule has 0 saturated heterocycles. The molecule has 1 aromatic carbocycles. The largest absolute Gasteiger partial charge is 0.481 e. The van der Waals surface area contributed by atoms with Gasteiger partial charge < -0.3 is 15.2 Å². The van der Waals surface area contributed by atoms with E-state index in [0.717, 1.165) is 52.7 Å². The highest BCUT2D eigenvalue weighted by Gasteiger charge is 2.24. The maximum Gasteiger partial charge on any atom is 0.348 e. The molecule has 0 aliphatic heterocycles. The molecule has 7 nitrogen and oxygen atoms in total. The van der Waals surface area contributed by atoms with Crippen LogP contribution in [0.5, 0.6) is 0 Å². The molecule has 1 aliphatic carbocycles. The van der Waals surface area contributed by atoms with Gasteiger partial charge in [-0.2, -0.15) is 0 Å². The van der Waals surface area contributed by atoms with Crippen molar-refractivity contribution in [3.8, 4) is 0 Å². The summed E-state index contributed by atoms with van der Waals surface area (Å²) in [5.74, 6) is -0.544. The molecule has 0 spiro atoms. The predicted octanol–water partition coefficient (Wildman–Crippen LogP) is 4.86. The molecule has 1 aliphatic rings. The Morgan fingerprint density at radius 3 is 2.60 bits per heavy atom. The second kappa shape index (κ2) is 8.79. The Labute approximate surface area is 178 Å². The molecule has 156 valence electrons. The molecule has 0 radical (unpaired) electrons. The summed E-state index contributed by atoms with van der Waals surface area (Å²) in [6, 6.07) is 7.16. The van der Waals surface area contributed by atoms with E-state index in [-0.39, 0.29) is 18.5 Å². The van der Waals surface area contributed by atoms with Crippen molar-refractivity contribution < 1.29 is 19.4 Å². The number of aromatic nitrogens is 2. The lowest BCUT2D eigenvalue weighted by molar-refractivity contribution is -0.136. The Balaban J connectivity index is 1.57. The quantitative estimate of drug-likeness (QED) is 0.544. The van der Waals surface area contributed by atoms with Crippen LogP contribution in [0.4, 0.5) is 11.5 Å². The van der Waals surface area contributed by atoms with E-state index < -0.39 is 5.97 Å². The molecule has 0 unspecified atom stereocenters. The van der Waals surface area contributed by atoms with E-state index in [1.807, 2.05) is 19.1 Å². The van der Waals surface area contributed by atoms with E-state index in [1.165, 1.54) is 24.1 Å². The van der Waals surface area contributed by atoms with E-state index in [4.69, 9.17) is 9.84 Å². The molecule has 3 aromatic rings. The molecular formula is C22H23N3O4S. The third kappa shape index (κ3) is 4.43. The predicted molar refractivity (Wildman–Crippen MR) is 116 cm³/mol. The molecule has 1 saturated carbocycles. The average molecular weight is 426 g/mol. The Morgan fingerprint density at radius 2 is 1.90 bits per heavy atom. The minimum absolute atomic E-state index is 0.00357. The van der Waals surface area contributed by atoms with Gasteiger partial charge in [0.2, 0.25) is 0 Å². The number of benzene rings is 1. The topological polar surface area (TPSA) is 101 Å². The number of ether oxygens (including phenoxy) is 1. The van der Waals surface area contributed by atoms with Gasteiger partial charge in [-0.25, -0.2) is 14.8 Å². The normalized spacial score (nSPS) is 14.6. The van der Waals surface area contributed by atoms with Crippen LogP contribution in [0.3, 0.4) is 0 Å². The fourth-order valence-corrected chi connectivity index (χ4v) is 4.80. The molecule has 2 aromatic heterocycles. The van der Waals surface area contributed by atoms with E-state index in [0.29, 0.717) is 10.7 Å². The SMILES string of the molecule is Cc1c(C(=O)OC2CCCCC2)sc2ncnc(Nc3ccc(CC(=O)O)cc3)c12. The molecule has 0 atom stereocenters. The van der Waals surface area contributed by atoms with E-state index >= 15 is 0 Å². The molecular weight excluding hydrogens is 402 g/mol. The second-order valence-corrected chi connectivity index (χ2v) is 8.52. The van der Waals surface area contributed by atoms with Crippen LogP contribution < -0.4 is 5.32 Å². The zero-order valence-corrected chi connectivity index (χ0v) is 17.5. The zero-order valence-electron chi connectivity index (χ0n) is 16.7. The van der Waals surface area contributed by atoms with Gasteiger partial charge in [-0.1, -0.05) is 18.6 Å². The van der Waals surface area contributed by atoms with E-state index in [1.54, 1.807) is 12.1 Å². The number of hydrogen-bond acceptors (Lipinski definition) is 7. The number of aryl methyl sites for hydroxylation is 1. The first kappa shape index (κ1) is 20.3. The maximum absolute atomic E-state index is 12.8. The van der Waals surface area contributed by atoms with E-state index in [2.05, 4.69) is 15.3 Å². The Bertz CT molecular complexity index is 1070. The minimum Gasteiger partial charge on any atom is -0.481 e. The van der Waals surface area contributed by atoms with Gasteiger partial charge >= 0.3 is 11.9 Å². The number of hydrogen-bond donors (Lipinski definition) is 2. The molecule has 2 N–H and O–H groups in total. The Morgan fingerprint density at radius 1 is 1.17 bits per heavy atom. The average Bonchev–Trinajstić information content (AvgIpc) is 3.08. The van der Waals surface area contributed by atoms with Crippen LogP contribution >= 0.6 is 11.3 Å². The first-order chi connectivity index (χ1) is 14.5. The number of esters is 1. The van der Waals surface area contributed by atoms with E-state index in [9.17, 15) is 9.59 Å². The summed E-state index contributed by atoms with van der Waals surface area (Å²) in [7, 11) is 0. The molecule has 2 heterocycles. The number of carbonyl (C=O) groups excluding carboxylic acids is 1. The first-order valence-corrected chi connectivity index (χ1v) is 10.9. The number of anilines is 2.